The Hall–Kier alpha value is -0.940. The molecule has 1 aliphatic heterocycles. The van der Waals surface area contributed by atoms with Gasteiger partial charge in [-0.25, -0.2) is 4.79 Å². The first kappa shape index (κ1) is 14.0. The number of Topliss-reactive ketones (excluding diaryl/α,β-unsaturated/α-hetero) is 1. The molecule has 2 aliphatic carbocycles. The molecule has 1 saturated heterocycles. The summed E-state index contributed by atoms with van der Waals surface area (Å²) in [7, 11) is 0. The monoisotopic (exact) mass is 282 g/mol. The molecule has 20 heavy (non-hydrogen) atoms. The second-order valence-electron chi connectivity index (χ2n) is 6.92. The number of hydrogen-bond donors (Lipinski definition) is 2. The third-order valence-electron chi connectivity index (χ3n) is 6.07. The van der Waals surface area contributed by atoms with Crippen molar-refractivity contribution in [1.82, 2.24) is 0 Å². The van der Waals surface area contributed by atoms with E-state index in [1.807, 2.05) is 6.92 Å². The van der Waals surface area contributed by atoms with Crippen LogP contribution in [0.1, 0.15) is 39.5 Å². The Morgan fingerprint density at radius 3 is 2.60 bits per heavy atom. The molecule has 1 heterocycles. The molecule has 5 heteroatoms. The molecule has 0 aromatic heterocycles. The van der Waals surface area contributed by atoms with Gasteiger partial charge in [-0.1, -0.05) is 6.92 Å². The molecule has 3 aliphatic rings. The van der Waals surface area contributed by atoms with Gasteiger partial charge in [0, 0.05) is 12.3 Å². The summed E-state index contributed by atoms with van der Waals surface area (Å²) < 4.78 is 5.42. The number of aliphatic hydroxyl groups is 2. The first-order chi connectivity index (χ1) is 9.35. The van der Waals surface area contributed by atoms with E-state index in [1.165, 1.54) is 0 Å². The van der Waals surface area contributed by atoms with E-state index in [0.717, 1.165) is 12.8 Å². The summed E-state index contributed by atoms with van der Waals surface area (Å²) in [5, 5.41) is 19.9. The van der Waals surface area contributed by atoms with Gasteiger partial charge in [0.25, 0.3) is 0 Å². The number of rotatable bonds is 1. The van der Waals surface area contributed by atoms with Gasteiger partial charge in [-0.15, -0.1) is 0 Å². The lowest BCUT2D eigenvalue weighted by atomic mass is 9.67. The molecular weight excluding hydrogens is 260 g/mol. The van der Waals surface area contributed by atoms with Crippen molar-refractivity contribution in [2.75, 3.05) is 6.61 Å². The number of hydrogen-bond acceptors (Lipinski definition) is 5. The molecular formula is C15H22O5. The maximum atomic E-state index is 12.4. The predicted molar refractivity (Wildman–Crippen MR) is 69.6 cm³/mol. The summed E-state index contributed by atoms with van der Waals surface area (Å²) in [5.41, 5.74) is -2.55. The molecule has 0 bridgehead atoms. The van der Waals surface area contributed by atoms with Crippen LogP contribution >= 0.6 is 0 Å². The number of aliphatic hydroxyl groups excluding tert-OH is 1. The number of fused-ring (bicyclic) bond motifs is 3. The third kappa shape index (κ3) is 1.51. The largest absolute Gasteiger partial charge is 0.459 e. The molecule has 0 radical (unpaired) electrons. The number of ketones is 1. The minimum Gasteiger partial charge on any atom is -0.459 e. The van der Waals surface area contributed by atoms with E-state index in [-0.39, 0.29) is 11.7 Å². The predicted octanol–water partition coefficient (Wildman–Crippen LogP) is 0.667. The minimum absolute atomic E-state index is 0.126. The Labute approximate surface area is 118 Å². The standard InChI is InChI=1S/C15H22O5/c1-8-3-4-10-12(20-13(18)15(10,19)7-16)14(2)9(8)5-6-11(14)17/h8-10,12,16,19H,3-7H2,1-2H3. The molecule has 6 atom stereocenters. The lowest BCUT2D eigenvalue weighted by molar-refractivity contribution is -0.162. The van der Waals surface area contributed by atoms with Crippen molar-refractivity contribution >= 4 is 11.8 Å². The Kier molecular flexibility index (Phi) is 3.00. The Bertz CT molecular complexity index is 461. The van der Waals surface area contributed by atoms with Crippen LogP contribution in [0.4, 0.5) is 0 Å². The van der Waals surface area contributed by atoms with E-state index >= 15 is 0 Å². The summed E-state index contributed by atoms with van der Waals surface area (Å²) in [6.07, 6.45) is 2.19. The summed E-state index contributed by atoms with van der Waals surface area (Å²) in [4.78, 5) is 24.4. The summed E-state index contributed by atoms with van der Waals surface area (Å²) in [6, 6.07) is 0. The van der Waals surface area contributed by atoms with Gasteiger partial charge in [-0.3, -0.25) is 4.79 Å². The molecule has 0 aromatic rings. The first-order valence-corrected chi connectivity index (χ1v) is 7.43. The Balaban J connectivity index is 2.07. The second-order valence-corrected chi connectivity index (χ2v) is 6.92. The molecule has 0 aromatic carbocycles. The minimum atomic E-state index is -1.84. The smallest absolute Gasteiger partial charge is 0.341 e. The molecule has 2 saturated carbocycles. The van der Waals surface area contributed by atoms with Crippen LogP contribution in [0, 0.1) is 23.2 Å². The topological polar surface area (TPSA) is 83.8 Å². The van der Waals surface area contributed by atoms with Crippen LogP contribution in [0.15, 0.2) is 0 Å². The van der Waals surface area contributed by atoms with Crippen molar-refractivity contribution in [2.45, 2.75) is 51.2 Å². The van der Waals surface area contributed by atoms with Crippen LogP contribution < -0.4 is 0 Å². The molecule has 0 spiro atoms. The molecule has 5 nitrogen and oxygen atoms in total. The van der Waals surface area contributed by atoms with E-state index in [2.05, 4.69) is 6.92 Å². The average molecular weight is 282 g/mol. The fourth-order valence-electron chi connectivity index (χ4n) is 4.76. The molecule has 0 amide bonds. The van der Waals surface area contributed by atoms with Crippen LogP contribution in [-0.4, -0.2) is 40.3 Å². The van der Waals surface area contributed by atoms with Crippen molar-refractivity contribution in [3.05, 3.63) is 0 Å². The summed E-state index contributed by atoms with van der Waals surface area (Å²) in [5.74, 6) is -0.581. The summed E-state index contributed by atoms with van der Waals surface area (Å²) in [6.45, 7) is 3.36. The highest BCUT2D eigenvalue weighted by atomic mass is 16.6. The van der Waals surface area contributed by atoms with E-state index < -0.39 is 35.6 Å². The van der Waals surface area contributed by atoms with Crippen molar-refractivity contribution in [3.8, 4) is 0 Å². The van der Waals surface area contributed by atoms with Gasteiger partial charge >= 0.3 is 5.97 Å². The van der Waals surface area contributed by atoms with E-state index in [0.29, 0.717) is 18.8 Å². The molecule has 3 rings (SSSR count). The highest BCUT2D eigenvalue weighted by molar-refractivity contribution is 5.90. The highest BCUT2D eigenvalue weighted by Gasteiger charge is 2.67. The van der Waals surface area contributed by atoms with Gasteiger partial charge in [0.1, 0.15) is 11.9 Å². The first-order valence-electron chi connectivity index (χ1n) is 7.43. The number of ether oxygens (including phenoxy) is 1. The van der Waals surface area contributed by atoms with Crippen LogP contribution in [0.25, 0.3) is 0 Å². The number of carbonyl (C=O) groups is 2. The molecule has 3 fully saturated rings. The van der Waals surface area contributed by atoms with Crippen molar-refractivity contribution < 1.29 is 24.5 Å². The molecule has 2 N–H and O–H groups in total. The number of carbonyl (C=O) groups excluding carboxylic acids is 2. The Morgan fingerprint density at radius 2 is 1.95 bits per heavy atom. The van der Waals surface area contributed by atoms with E-state index in [4.69, 9.17) is 4.74 Å². The van der Waals surface area contributed by atoms with E-state index in [1.54, 1.807) is 0 Å². The fourth-order valence-corrected chi connectivity index (χ4v) is 4.76. The van der Waals surface area contributed by atoms with Gasteiger partial charge in [-0.05, 0) is 38.0 Å². The van der Waals surface area contributed by atoms with Gasteiger partial charge in [0.05, 0.1) is 12.0 Å². The third-order valence-corrected chi connectivity index (χ3v) is 6.07. The van der Waals surface area contributed by atoms with Crippen molar-refractivity contribution in [3.63, 3.8) is 0 Å². The van der Waals surface area contributed by atoms with Gasteiger partial charge in [-0.2, -0.15) is 0 Å². The van der Waals surface area contributed by atoms with Crippen LogP contribution in [0.5, 0.6) is 0 Å². The van der Waals surface area contributed by atoms with Crippen molar-refractivity contribution in [2.24, 2.45) is 23.2 Å². The maximum Gasteiger partial charge on any atom is 0.341 e. The van der Waals surface area contributed by atoms with Crippen LogP contribution in [0.2, 0.25) is 0 Å². The second kappa shape index (κ2) is 4.28. The van der Waals surface area contributed by atoms with Crippen LogP contribution in [0.3, 0.4) is 0 Å². The zero-order valence-electron chi connectivity index (χ0n) is 12.0. The average Bonchev–Trinajstić information content (AvgIpc) is 2.82. The zero-order valence-corrected chi connectivity index (χ0v) is 12.0. The Morgan fingerprint density at radius 1 is 1.25 bits per heavy atom. The zero-order chi connectivity index (χ0) is 14.7. The SMILES string of the molecule is CC1CCC2C(OC(=O)C2(O)CO)C2(C)C(=O)CCC12. The van der Waals surface area contributed by atoms with Crippen molar-refractivity contribution in [1.29, 1.82) is 0 Å². The maximum absolute atomic E-state index is 12.4. The van der Waals surface area contributed by atoms with Gasteiger partial charge < -0.3 is 14.9 Å². The quantitative estimate of drug-likeness (QED) is 0.690. The lowest BCUT2D eigenvalue weighted by Gasteiger charge is -2.37. The van der Waals surface area contributed by atoms with E-state index in [9.17, 15) is 19.8 Å². The number of esters is 1. The molecule has 112 valence electrons. The van der Waals surface area contributed by atoms with Crippen LogP contribution in [-0.2, 0) is 14.3 Å². The summed E-state index contributed by atoms with van der Waals surface area (Å²) >= 11 is 0. The normalized spacial score (nSPS) is 51.4. The van der Waals surface area contributed by atoms with Gasteiger partial charge in [0.15, 0.2) is 5.60 Å². The highest BCUT2D eigenvalue weighted by Crippen LogP contribution is 2.57. The van der Waals surface area contributed by atoms with Gasteiger partial charge in [0.2, 0.25) is 0 Å². The fraction of sp³-hybridized carbons (Fsp3) is 0.867. The molecule has 6 unspecified atom stereocenters. The lowest BCUT2D eigenvalue weighted by Crippen LogP contribution is -2.49.